The number of para-hydroxylation sites is 1. The van der Waals surface area contributed by atoms with Crippen LogP contribution in [0.3, 0.4) is 0 Å². The molecule has 2 amide bonds. The standard InChI is InChI=1S/C16H24N4O2/c1-18(2)9-8-17-15(21)16(22)20-12-10-19(11-13-20)14-6-4-3-5-7-14/h3-7H,8-13H2,1-2H3,(H,17,21). The molecule has 1 heterocycles. The van der Waals surface area contributed by atoms with Gasteiger partial charge in [0.25, 0.3) is 0 Å². The van der Waals surface area contributed by atoms with E-state index in [0.717, 1.165) is 25.3 Å². The van der Waals surface area contributed by atoms with Gasteiger partial charge < -0.3 is 20.0 Å². The van der Waals surface area contributed by atoms with E-state index < -0.39 is 11.8 Å². The van der Waals surface area contributed by atoms with E-state index in [4.69, 9.17) is 0 Å². The van der Waals surface area contributed by atoms with Crippen LogP contribution in [0.5, 0.6) is 0 Å². The summed E-state index contributed by atoms with van der Waals surface area (Å²) >= 11 is 0. The Balaban J connectivity index is 1.78. The van der Waals surface area contributed by atoms with Crippen LogP contribution in [0.4, 0.5) is 5.69 Å². The summed E-state index contributed by atoms with van der Waals surface area (Å²) in [5, 5.41) is 2.67. The SMILES string of the molecule is CN(C)CCNC(=O)C(=O)N1CCN(c2ccccc2)CC1. The van der Waals surface area contributed by atoms with E-state index in [9.17, 15) is 9.59 Å². The van der Waals surface area contributed by atoms with Crippen LogP contribution in [-0.4, -0.2) is 75.0 Å². The molecule has 0 bridgehead atoms. The van der Waals surface area contributed by atoms with Gasteiger partial charge >= 0.3 is 11.8 Å². The van der Waals surface area contributed by atoms with Gasteiger partial charge in [0.05, 0.1) is 0 Å². The lowest BCUT2D eigenvalue weighted by Gasteiger charge is -2.35. The molecule has 2 rings (SSSR count). The Bertz CT molecular complexity index is 496. The maximum Gasteiger partial charge on any atom is 0.312 e. The molecular formula is C16H24N4O2. The molecule has 1 aliphatic heterocycles. The van der Waals surface area contributed by atoms with E-state index in [1.54, 1.807) is 4.90 Å². The molecule has 0 radical (unpaired) electrons. The van der Waals surface area contributed by atoms with E-state index in [2.05, 4.69) is 22.3 Å². The summed E-state index contributed by atoms with van der Waals surface area (Å²) < 4.78 is 0. The quantitative estimate of drug-likeness (QED) is 0.797. The van der Waals surface area contributed by atoms with Crippen molar-refractivity contribution < 1.29 is 9.59 Å². The molecule has 0 unspecified atom stereocenters. The number of hydrogen-bond acceptors (Lipinski definition) is 4. The van der Waals surface area contributed by atoms with Gasteiger partial charge in [0.2, 0.25) is 0 Å². The number of likely N-dealkylation sites (N-methyl/N-ethyl adjacent to an activating group) is 1. The van der Waals surface area contributed by atoms with Crippen LogP contribution >= 0.6 is 0 Å². The number of nitrogens with zero attached hydrogens (tertiary/aromatic N) is 3. The normalized spacial score (nSPS) is 15.0. The van der Waals surface area contributed by atoms with Gasteiger partial charge in [0.15, 0.2) is 0 Å². The van der Waals surface area contributed by atoms with Gasteiger partial charge in [0.1, 0.15) is 0 Å². The average Bonchev–Trinajstić information content (AvgIpc) is 2.54. The van der Waals surface area contributed by atoms with Crippen molar-refractivity contribution in [3.05, 3.63) is 30.3 Å². The zero-order valence-electron chi connectivity index (χ0n) is 13.3. The second-order valence-electron chi connectivity index (χ2n) is 5.67. The maximum absolute atomic E-state index is 12.1. The first-order valence-electron chi connectivity index (χ1n) is 7.60. The molecule has 1 aromatic rings. The molecule has 6 nitrogen and oxygen atoms in total. The fourth-order valence-corrected chi connectivity index (χ4v) is 2.42. The van der Waals surface area contributed by atoms with Crippen molar-refractivity contribution >= 4 is 17.5 Å². The van der Waals surface area contributed by atoms with Crippen molar-refractivity contribution in [2.45, 2.75) is 0 Å². The molecule has 0 aromatic heterocycles. The molecular weight excluding hydrogens is 280 g/mol. The highest BCUT2D eigenvalue weighted by Crippen LogP contribution is 2.15. The molecule has 1 N–H and O–H groups in total. The number of piperazine rings is 1. The minimum Gasteiger partial charge on any atom is -0.368 e. The van der Waals surface area contributed by atoms with Crippen molar-refractivity contribution in [2.24, 2.45) is 0 Å². The molecule has 22 heavy (non-hydrogen) atoms. The summed E-state index contributed by atoms with van der Waals surface area (Å²) in [7, 11) is 3.85. The number of hydrogen-bond donors (Lipinski definition) is 1. The first kappa shape index (κ1) is 16.3. The summed E-state index contributed by atoms with van der Waals surface area (Å²) in [6.07, 6.45) is 0. The topological polar surface area (TPSA) is 55.9 Å². The van der Waals surface area contributed by atoms with Crippen molar-refractivity contribution in [1.82, 2.24) is 15.1 Å². The predicted molar refractivity (Wildman–Crippen MR) is 86.8 cm³/mol. The summed E-state index contributed by atoms with van der Waals surface area (Å²) in [6, 6.07) is 10.1. The van der Waals surface area contributed by atoms with Crippen LogP contribution in [0, 0.1) is 0 Å². The average molecular weight is 304 g/mol. The van der Waals surface area contributed by atoms with Crippen LogP contribution < -0.4 is 10.2 Å². The zero-order chi connectivity index (χ0) is 15.9. The highest BCUT2D eigenvalue weighted by Gasteiger charge is 2.25. The molecule has 0 spiro atoms. The van der Waals surface area contributed by atoms with E-state index in [0.29, 0.717) is 19.6 Å². The molecule has 0 saturated carbocycles. The van der Waals surface area contributed by atoms with Gasteiger partial charge in [-0.3, -0.25) is 9.59 Å². The van der Waals surface area contributed by atoms with Gasteiger partial charge in [-0.1, -0.05) is 18.2 Å². The molecule has 1 aliphatic rings. The molecule has 6 heteroatoms. The van der Waals surface area contributed by atoms with Crippen LogP contribution in [0.2, 0.25) is 0 Å². The number of carbonyl (C=O) groups is 2. The van der Waals surface area contributed by atoms with Crippen molar-refractivity contribution in [1.29, 1.82) is 0 Å². The smallest absolute Gasteiger partial charge is 0.312 e. The van der Waals surface area contributed by atoms with Crippen molar-refractivity contribution in [2.75, 3.05) is 58.3 Å². The Morgan fingerprint density at radius 1 is 1.09 bits per heavy atom. The summed E-state index contributed by atoms with van der Waals surface area (Å²) in [4.78, 5) is 29.8. The van der Waals surface area contributed by atoms with E-state index in [1.165, 1.54) is 0 Å². The van der Waals surface area contributed by atoms with Crippen LogP contribution in [0.25, 0.3) is 0 Å². The lowest BCUT2D eigenvalue weighted by molar-refractivity contribution is -0.146. The molecule has 1 aromatic carbocycles. The Labute approximate surface area is 131 Å². The van der Waals surface area contributed by atoms with Gasteiger partial charge in [-0.05, 0) is 26.2 Å². The highest BCUT2D eigenvalue weighted by atomic mass is 16.2. The van der Waals surface area contributed by atoms with E-state index in [-0.39, 0.29) is 0 Å². The van der Waals surface area contributed by atoms with Gasteiger partial charge in [-0.15, -0.1) is 0 Å². The summed E-state index contributed by atoms with van der Waals surface area (Å²) in [5.74, 6) is -0.929. The minimum atomic E-state index is -0.505. The maximum atomic E-state index is 12.1. The summed E-state index contributed by atoms with van der Waals surface area (Å²) in [6.45, 7) is 3.87. The molecule has 1 saturated heterocycles. The highest BCUT2D eigenvalue weighted by molar-refractivity contribution is 6.35. The van der Waals surface area contributed by atoms with Crippen molar-refractivity contribution in [3.8, 4) is 0 Å². The first-order chi connectivity index (χ1) is 10.6. The fraction of sp³-hybridized carbons (Fsp3) is 0.500. The number of amides is 2. The Morgan fingerprint density at radius 3 is 2.32 bits per heavy atom. The number of carbonyl (C=O) groups excluding carboxylic acids is 2. The van der Waals surface area contributed by atoms with E-state index >= 15 is 0 Å². The Morgan fingerprint density at radius 2 is 1.73 bits per heavy atom. The second kappa shape index (κ2) is 7.79. The number of anilines is 1. The van der Waals surface area contributed by atoms with Crippen LogP contribution in [0.1, 0.15) is 0 Å². The zero-order valence-corrected chi connectivity index (χ0v) is 13.3. The number of benzene rings is 1. The Kier molecular flexibility index (Phi) is 5.77. The number of nitrogens with one attached hydrogen (secondary N) is 1. The fourth-order valence-electron chi connectivity index (χ4n) is 2.42. The third-order valence-corrected chi connectivity index (χ3v) is 3.73. The van der Waals surface area contributed by atoms with Crippen LogP contribution in [-0.2, 0) is 9.59 Å². The van der Waals surface area contributed by atoms with Gasteiger partial charge in [0, 0.05) is 45.0 Å². The van der Waals surface area contributed by atoms with Crippen LogP contribution in [0.15, 0.2) is 30.3 Å². The molecule has 0 aliphatic carbocycles. The lowest BCUT2D eigenvalue weighted by atomic mass is 10.2. The second-order valence-corrected chi connectivity index (χ2v) is 5.67. The molecule has 0 atom stereocenters. The number of rotatable bonds is 4. The van der Waals surface area contributed by atoms with Gasteiger partial charge in [-0.2, -0.15) is 0 Å². The Hall–Kier alpha value is -2.08. The van der Waals surface area contributed by atoms with Gasteiger partial charge in [-0.25, -0.2) is 0 Å². The summed E-state index contributed by atoms with van der Waals surface area (Å²) in [5.41, 5.74) is 1.16. The third-order valence-electron chi connectivity index (χ3n) is 3.73. The van der Waals surface area contributed by atoms with E-state index in [1.807, 2.05) is 37.2 Å². The largest absolute Gasteiger partial charge is 0.368 e. The third kappa shape index (κ3) is 4.46. The predicted octanol–water partition coefficient (Wildman–Crippen LogP) is 0.0130. The lowest BCUT2D eigenvalue weighted by Crippen LogP contribution is -2.53. The monoisotopic (exact) mass is 304 g/mol. The minimum absolute atomic E-state index is 0.425. The molecule has 1 fully saturated rings. The van der Waals surface area contributed by atoms with Crippen molar-refractivity contribution in [3.63, 3.8) is 0 Å². The molecule has 120 valence electrons. The first-order valence-corrected chi connectivity index (χ1v) is 7.60.